The van der Waals surface area contributed by atoms with Crippen LogP contribution in [0.2, 0.25) is 0 Å². The van der Waals surface area contributed by atoms with Gasteiger partial charge in [0, 0.05) is 6.07 Å². The summed E-state index contributed by atoms with van der Waals surface area (Å²) in [4.78, 5) is 47.9. The van der Waals surface area contributed by atoms with Gasteiger partial charge in [-0.3, -0.25) is 0 Å². The number of methoxy groups -OCH3 is 2. The number of amides is 2. The average molecular weight is 573 g/mol. The van der Waals surface area contributed by atoms with Crippen molar-refractivity contribution in [2.45, 2.75) is 63.3 Å². The third-order valence-corrected chi connectivity index (χ3v) is 7.07. The number of ether oxygens (including phenoxy) is 5. The number of alkyl carbamates (subject to hydrolysis) is 2. The van der Waals surface area contributed by atoms with Gasteiger partial charge < -0.3 is 39.4 Å². The van der Waals surface area contributed by atoms with Gasteiger partial charge in [-0.2, -0.15) is 0 Å². The molecule has 1 aromatic rings. The van der Waals surface area contributed by atoms with Crippen molar-refractivity contribution < 1.29 is 56.4 Å². The topological polar surface area (TPSA) is 193 Å². The number of carbonyl (C=O) groups excluding carboxylic acids is 3. The first-order valence-corrected chi connectivity index (χ1v) is 13.1. The zero-order valence-corrected chi connectivity index (χ0v) is 23.3. The minimum Gasteiger partial charge on any atom is -0.493 e. The number of carboxylic acids is 1. The smallest absolute Gasteiger partial charge is 0.408 e. The third-order valence-electron chi connectivity index (χ3n) is 5.21. The number of aliphatic carboxylic acids is 1. The average Bonchev–Trinajstić information content (AvgIpc) is 3.07. The molecule has 2 rings (SSSR count). The van der Waals surface area contributed by atoms with Crippen LogP contribution in [-0.2, 0) is 33.6 Å². The summed E-state index contributed by atoms with van der Waals surface area (Å²) in [7, 11) is -1.21. The monoisotopic (exact) mass is 572 g/mol. The Bertz CT molecular complexity index is 1270. The number of hydrogen-bond acceptors (Lipinski definition) is 11. The van der Waals surface area contributed by atoms with Crippen molar-refractivity contribution >= 4 is 40.0 Å². The van der Waals surface area contributed by atoms with Gasteiger partial charge in [-0.1, -0.05) is 0 Å². The summed E-state index contributed by atoms with van der Waals surface area (Å²) in [5.74, 6) is -1.99. The molecule has 1 aliphatic rings. The van der Waals surface area contributed by atoms with Gasteiger partial charge in [-0.15, -0.1) is 0 Å². The molecule has 0 saturated heterocycles. The van der Waals surface area contributed by atoms with Crippen molar-refractivity contribution in [1.82, 2.24) is 10.6 Å². The standard InChI is InChI=1S/C24H32N2O12S/c1-12(21(29)37-13(2)19(20(27)28)26-23(31)38-24(3,4)5)25-22(30)36-11-15-8-14-9-16(34-6)17(35-7)10-18(14)39(15,32)33/h8-10,12-13,19H,11H2,1-7H3,(H,25,30)(H,26,31)(H,27,28). The molecule has 14 nitrogen and oxygen atoms in total. The Balaban J connectivity index is 1.96. The normalized spacial score (nSPS) is 15.9. The molecular weight excluding hydrogens is 540 g/mol. The molecular formula is C24H32N2O12S. The molecule has 3 unspecified atom stereocenters. The molecule has 39 heavy (non-hydrogen) atoms. The van der Waals surface area contributed by atoms with Gasteiger partial charge in [-0.05, 0) is 52.3 Å². The second-order valence-electron chi connectivity index (χ2n) is 9.41. The van der Waals surface area contributed by atoms with Crippen molar-refractivity contribution in [2.24, 2.45) is 0 Å². The van der Waals surface area contributed by atoms with Crippen LogP contribution in [0.1, 0.15) is 40.2 Å². The molecule has 0 aromatic heterocycles. The SMILES string of the molecule is COc1cc2c(cc1OC)S(=O)(=O)C(COC(=O)NC(C)C(=O)OC(C)C(NC(=O)OC(C)(C)C)C(=O)O)=C2. The van der Waals surface area contributed by atoms with E-state index in [0.29, 0.717) is 11.3 Å². The highest BCUT2D eigenvalue weighted by atomic mass is 32.2. The fourth-order valence-electron chi connectivity index (χ4n) is 3.31. The first-order valence-electron chi connectivity index (χ1n) is 11.6. The quantitative estimate of drug-likeness (QED) is 0.273. The number of sulfone groups is 1. The minimum absolute atomic E-state index is 0.0435. The van der Waals surface area contributed by atoms with Crippen molar-refractivity contribution in [1.29, 1.82) is 0 Å². The zero-order valence-electron chi connectivity index (χ0n) is 22.5. The Morgan fingerprint density at radius 1 is 0.974 bits per heavy atom. The molecule has 0 bridgehead atoms. The Hall–Kier alpha value is -4.01. The van der Waals surface area contributed by atoms with Gasteiger partial charge in [0.05, 0.1) is 24.0 Å². The lowest BCUT2D eigenvalue weighted by Crippen LogP contribution is -2.51. The van der Waals surface area contributed by atoms with Crippen molar-refractivity contribution in [3.05, 3.63) is 22.6 Å². The summed E-state index contributed by atoms with van der Waals surface area (Å²) in [5.41, 5.74) is -0.562. The Morgan fingerprint density at radius 3 is 2.10 bits per heavy atom. The van der Waals surface area contributed by atoms with Crippen molar-refractivity contribution in [2.75, 3.05) is 20.8 Å². The van der Waals surface area contributed by atoms with Crippen molar-refractivity contribution in [3.63, 3.8) is 0 Å². The van der Waals surface area contributed by atoms with Gasteiger partial charge in [0.25, 0.3) is 0 Å². The van der Waals surface area contributed by atoms with Gasteiger partial charge >= 0.3 is 24.1 Å². The molecule has 1 heterocycles. The lowest BCUT2D eigenvalue weighted by atomic mass is 10.2. The van der Waals surface area contributed by atoms with E-state index in [9.17, 15) is 32.7 Å². The van der Waals surface area contributed by atoms with Crippen LogP contribution in [0.5, 0.6) is 11.5 Å². The highest BCUT2D eigenvalue weighted by Gasteiger charge is 2.34. The van der Waals surface area contributed by atoms with E-state index in [-0.39, 0.29) is 15.6 Å². The largest absolute Gasteiger partial charge is 0.493 e. The van der Waals surface area contributed by atoms with Crippen LogP contribution in [0.25, 0.3) is 6.08 Å². The van der Waals surface area contributed by atoms with Crippen molar-refractivity contribution in [3.8, 4) is 11.5 Å². The number of carboxylic acid groups (broad SMARTS) is 1. The summed E-state index contributed by atoms with van der Waals surface area (Å²) in [6.07, 6.45) is -2.17. The molecule has 3 N–H and O–H groups in total. The van der Waals surface area contributed by atoms with Gasteiger partial charge in [0.2, 0.25) is 9.84 Å². The molecule has 0 saturated carbocycles. The predicted octanol–water partition coefficient (Wildman–Crippen LogP) is 1.86. The first-order chi connectivity index (χ1) is 18.0. The lowest BCUT2D eigenvalue weighted by molar-refractivity contribution is -0.156. The maximum Gasteiger partial charge on any atom is 0.408 e. The number of esters is 1. The second kappa shape index (κ2) is 12.2. The van der Waals surface area contributed by atoms with Crippen LogP contribution in [0.4, 0.5) is 9.59 Å². The molecule has 0 aliphatic carbocycles. The number of carbonyl (C=O) groups is 4. The molecule has 15 heteroatoms. The highest BCUT2D eigenvalue weighted by Crippen LogP contribution is 2.40. The third kappa shape index (κ3) is 7.99. The number of hydrogen-bond donors (Lipinski definition) is 3. The zero-order chi connectivity index (χ0) is 29.7. The predicted molar refractivity (Wildman–Crippen MR) is 135 cm³/mol. The Kier molecular flexibility index (Phi) is 9.79. The molecule has 0 spiro atoms. The fourth-order valence-corrected chi connectivity index (χ4v) is 4.78. The second-order valence-corrected chi connectivity index (χ2v) is 11.4. The van der Waals surface area contributed by atoms with Crippen LogP contribution in [0, 0.1) is 0 Å². The summed E-state index contributed by atoms with van der Waals surface area (Å²) >= 11 is 0. The van der Waals surface area contributed by atoms with Crippen LogP contribution < -0.4 is 20.1 Å². The maximum atomic E-state index is 12.9. The maximum absolute atomic E-state index is 12.9. The summed E-state index contributed by atoms with van der Waals surface area (Å²) in [6.45, 7) is 6.61. The van der Waals surface area contributed by atoms with E-state index in [2.05, 4.69) is 10.6 Å². The fraction of sp³-hybridized carbons (Fsp3) is 0.500. The summed E-state index contributed by atoms with van der Waals surface area (Å²) in [6, 6.07) is -0.175. The molecule has 0 fully saturated rings. The molecule has 1 aromatic carbocycles. The van der Waals surface area contributed by atoms with E-state index in [1.807, 2.05) is 0 Å². The molecule has 216 valence electrons. The van der Waals surface area contributed by atoms with Gasteiger partial charge in [0.1, 0.15) is 24.4 Å². The summed E-state index contributed by atoms with van der Waals surface area (Å²) < 4.78 is 51.1. The number of rotatable bonds is 10. The molecule has 1 aliphatic heterocycles. The molecule has 0 radical (unpaired) electrons. The minimum atomic E-state index is -3.97. The van der Waals surface area contributed by atoms with E-state index >= 15 is 0 Å². The van der Waals surface area contributed by atoms with E-state index in [4.69, 9.17) is 23.7 Å². The number of benzene rings is 1. The highest BCUT2D eigenvalue weighted by molar-refractivity contribution is 7.95. The Labute approximate surface area is 225 Å². The van der Waals surface area contributed by atoms with Crippen LogP contribution in [0.15, 0.2) is 21.9 Å². The first kappa shape index (κ1) is 31.2. The Morgan fingerprint density at radius 2 is 1.56 bits per heavy atom. The lowest BCUT2D eigenvalue weighted by Gasteiger charge is -2.25. The van der Waals surface area contributed by atoms with E-state index in [0.717, 1.165) is 0 Å². The number of nitrogens with one attached hydrogen (secondary N) is 2. The van der Waals surface area contributed by atoms with Gasteiger partial charge in [-0.25, -0.2) is 27.6 Å². The molecule has 2 amide bonds. The van der Waals surface area contributed by atoms with E-state index in [1.54, 1.807) is 20.8 Å². The van der Waals surface area contributed by atoms with Crippen LogP contribution in [-0.4, -0.2) is 82.3 Å². The molecule has 3 atom stereocenters. The number of fused-ring (bicyclic) bond motifs is 1. The van der Waals surface area contributed by atoms with Gasteiger partial charge in [0.15, 0.2) is 17.5 Å². The summed E-state index contributed by atoms with van der Waals surface area (Å²) in [5, 5.41) is 13.7. The van der Waals surface area contributed by atoms with E-state index in [1.165, 1.54) is 46.3 Å². The van der Waals surface area contributed by atoms with E-state index < -0.39 is 64.4 Å². The van der Waals surface area contributed by atoms with Crippen LogP contribution in [0.3, 0.4) is 0 Å². The van der Waals surface area contributed by atoms with Crippen LogP contribution >= 0.6 is 0 Å².